The van der Waals surface area contributed by atoms with Crippen LogP contribution in [0.2, 0.25) is 0 Å². The van der Waals surface area contributed by atoms with Crippen molar-refractivity contribution in [3.63, 3.8) is 0 Å². The summed E-state index contributed by atoms with van der Waals surface area (Å²) in [5.74, 6) is -2.07. The molecule has 3 rings (SSSR count). The number of halogens is 2. The number of nitrogens with zero attached hydrogens (tertiary/aromatic N) is 1. The molecule has 2 amide bonds. The van der Waals surface area contributed by atoms with E-state index in [2.05, 4.69) is 31.5 Å². The third kappa shape index (κ3) is 8.95. The Labute approximate surface area is 245 Å². The molecule has 1 aliphatic carbocycles. The van der Waals surface area contributed by atoms with Gasteiger partial charge in [-0.1, -0.05) is 27.2 Å². The molecular formula is C28H34BrFN4O7. The number of nitrogens with two attached hydrogens (primary N) is 1. The lowest BCUT2D eigenvalue weighted by atomic mass is 10.00. The summed E-state index contributed by atoms with van der Waals surface area (Å²) in [5, 5.41) is 5.33. The molecule has 1 saturated carbocycles. The molecule has 4 N–H and O–H groups in total. The summed E-state index contributed by atoms with van der Waals surface area (Å²) in [7, 11) is 0. The number of pyridine rings is 1. The summed E-state index contributed by atoms with van der Waals surface area (Å²) in [6.45, 7) is 5.22. The summed E-state index contributed by atoms with van der Waals surface area (Å²) in [6.07, 6.45) is 1.74. The van der Waals surface area contributed by atoms with Crippen LogP contribution in [0.25, 0.3) is 0 Å². The fourth-order valence-electron chi connectivity index (χ4n) is 3.97. The van der Waals surface area contributed by atoms with Gasteiger partial charge in [0.15, 0.2) is 11.5 Å². The molecule has 1 aliphatic rings. The van der Waals surface area contributed by atoms with E-state index in [9.17, 15) is 19.2 Å². The average molecular weight is 638 g/mol. The molecule has 0 saturated heterocycles. The second-order valence-corrected chi connectivity index (χ2v) is 10.6. The van der Waals surface area contributed by atoms with E-state index >= 15 is 4.39 Å². The maximum Gasteiger partial charge on any atom is 0.513 e. The van der Waals surface area contributed by atoms with E-state index in [0.717, 1.165) is 17.0 Å². The zero-order valence-electron chi connectivity index (χ0n) is 23.1. The van der Waals surface area contributed by atoms with E-state index in [4.69, 9.17) is 19.9 Å². The van der Waals surface area contributed by atoms with Gasteiger partial charge in [0, 0.05) is 41.0 Å². The Morgan fingerprint density at radius 1 is 1.15 bits per heavy atom. The van der Waals surface area contributed by atoms with Gasteiger partial charge in [-0.05, 0) is 52.5 Å². The molecule has 0 spiro atoms. The SMILES string of the molecule is CCC(=O)c1ccc(F)c([C@@H]2C[C@@H]2NC(=O)Nc2ccc(Br)cn2)c1OC(=O)OCCCOC(=O)C(N)C(C)CC. The third-order valence-corrected chi connectivity index (χ3v) is 7.15. The third-order valence-electron chi connectivity index (χ3n) is 6.68. The number of benzene rings is 1. The second kappa shape index (κ2) is 14.9. The van der Waals surface area contributed by atoms with Gasteiger partial charge < -0.3 is 25.3 Å². The van der Waals surface area contributed by atoms with Gasteiger partial charge in [0.05, 0.1) is 18.8 Å². The topological polar surface area (TPSA) is 159 Å². The van der Waals surface area contributed by atoms with Crippen molar-refractivity contribution in [2.45, 2.75) is 64.5 Å². The number of carbonyl (C=O) groups excluding carboxylic acids is 4. The maximum atomic E-state index is 15.1. The Kier molecular flexibility index (Phi) is 11.6. The van der Waals surface area contributed by atoms with E-state index < -0.39 is 42.0 Å². The summed E-state index contributed by atoms with van der Waals surface area (Å²) in [5.41, 5.74) is 5.86. The van der Waals surface area contributed by atoms with Crippen molar-refractivity contribution < 1.29 is 37.8 Å². The highest BCUT2D eigenvalue weighted by atomic mass is 79.9. The molecule has 1 heterocycles. The number of Topliss-reactive ketones (excluding diaryl/α,β-unsaturated/α-hetero) is 1. The number of hydrogen-bond acceptors (Lipinski definition) is 9. The van der Waals surface area contributed by atoms with E-state index in [1.54, 1.807) is 19.1 Å². The van der Waals surface area contributed by atoms with Crippen molar-refractivity contribution in [2.24, 2.45) is 11.7 Å². The molecule has 0 bridgehead atoms. The lowest BCUT2D eigenvalue weighted by molar-refractivity contribution is -0.146. The number of anilines is 1. The highest BCUT2D eigenvalue weighted by Crippen LogP contribution is 2.47. The number of amides is 2. The summed E-state index contributed by atoms with van der Waals surface area (Å²) in [4.78, 5) is 53.6. The first-order valence-corrected chi connectivity index (χ1v) is 14.2. The number of esters is 1. The van der Waals surface area contributed by atoms with Gasteiger partial charge in [0.25, 0.3) is 0 Å². The first-order valence-electron chi connectivity index (χ1n) is 13.4. The van der Waals surface area contributed by atoms with Crippen molar-refractivity contribution in [1.82, 2.24) is 10.3 Å². The molecule has 222 valence electrons. The number of rotatable bonds is 13. The van der Waals surface area contributed by atoms with Gasteiger partial charge in [0.2, 0.25) is 0 Å². The van der Waals surface area contributed by atoms with Crippen LogP contribution in [0, 0.1) is 11.7 Å². The Hall–Kier alpha value is -3.58. The Morgan fingerprint density at radius 3 is 2.54 bits per heavy atom. The number of carbonyl (C=O) groups is 4. The predicted molar refractivity (Wildman–Crippen MR) is 151 cm³/mol. The summed E-state index contributed by atoms with van der Waals surface area (Å²) < 4.78 is 31.4. The lowest BCUT2D eigenvalue weighted by Gasteiger charge is -2.17. The molecule has 1 aromatic heterocycles. The van der Waals surface area contributed by atoms with E-state index in [1.165, 1.54) is 12.3 Å². The molecule has 1 aromatic carbocycles. The number of ketones is 1. The molecule has 0 radical (unpaired) electrons. The van der Waals surface area contributed by atoms with Crippen LogP contribution in [0.1, 0.15) is 68.3 Å². The molecule has 0 aliphatic heterocycles. The van der Waals surface area contributed by atoms with Crippen LogP contribution in [0.3, 0.4) is 0 Å². The largest absolute Gasteiger partial charge is 0.513 e. The van der Waals surface area contributed by atoms with Crippen LogP contribution in [0.15, 0.2) is 34.9 Å². The Morgan fingerprint density at radius 2 is 1.88 bits per heavy atom. The lowest BCUT2D eigenvalue weighted by Crippen LogP contribution is -2.38. The number of urea groups is 1. The first kappa shape index (κ1) is 31.9. The minimum Gasteiger partial charge on any atom is -0.464 e. The van der Waals surface area contributed by atoms with Crippen LogP contribution in [0.5, 0.6) is 5.75 Å². The number of nitrogens with one attached hydrogen (secondary N) is 2. The minimum absolute atomic E-state index is 0.00118. The monoisotopic (exact) mass is 636 g/mol. The van der Waals surface area contributed by atoms with Crippen molar-refractivity contribution in [1.29, 1.82) is 0 Å². The summed E-state index contributed by atoms with van der Waals surface area (Å²) >= 11 is 3.27. The number of ether oxygens (including phenoxy) is 3. The molecule has 2 aromatic rings. The molecular weight excluding hydrogens is 603 g/mol. The quantitative estimate of drug-likeness (QED) is 0.118. The van der Waals surface area contributed by atoms with Crippen LogP contribution in [-0.4, -0.2) is 54.2 Å². The number of hydrogen-bond donors (Lipinski definition) is 3. The van der Waals surface area contributed by atoms with Crippen LogP contribution in [0.4, 0.5) is 19.8 Å². The smallest absolute Gasteiger partial charge is 0.464 e. The zero-order chi connectivity index (χ0) is 30.1. The van der Waals surface area contributed by atoms with Crippen molar-refractivity contribution in [3.8, 4) is 5.75 Å². The van der Waals surface area contributed by atoms with Crippen LogP contribution < -0.4 is 21.1 Å². The van der Waals surface area contributed by atoms with Gasteiger partial charge >= 0.3 is 18.2 Å². The molecule has 2 unspecified atom stereocenters. The second-order valence-electron chi connectivity index (χ2n) is 9.66. The van der Waals surface area contributed by atoms with Gasteiger partial charge in [-0.2, -0.15) is 0 Å². The van der Waals surface area contributed by atoms with Crippen molar-refractivity contribution >= 4 is 45.7 Å². The maximum absolute atomic E-state index is 15.1. The molecule has 11 nitrogen and oxygen atoms in total. The van der Waals surface area contributed by atoms with Crippen LogP contribution in [-0.2, 0) is 14.3 Å². The predicted octanol–water partition coefficient (Wildman–Crippen LogP) is 5.08. The molecule has 13 heteroatoms. The standard InChI is InChI=1S/C28H34BrFN4O7/c1-4-15(3)24(31)26(36)39-11-6-12-40-28(38)41-25-17(21(35)5-2)8-9-19(30)23(25)18-13-20(18)33-27(37)34-22-10-7-16(29)14-32-22/h7-10,14-15,18,20,24H,4-6,11-13,31H2,1-3H3,(H2,32,33,34,37)/t15?,18-,20+,24?/m1/s1. The average Bonchev–Trinajstić information content (AvgIpc) is 3.70. The molecule has 4 atom stereocenters. The van der Waals surface area contributed by atoms with E-state index in [-0.39, 0.29) is 54.6 Å². The van der Waals surface area contributed by atoms with Gasteiger partial charge in [-0.25, -0.2) is 19.0 Å². The molecule has 1 fully saturated rings. The molecule has 41 heavy (non-hydrogen) atoms. The minimum atomic E-state index is -1.14. The Bertz CT molecular complexity index is 1260. The first-order chi connectivity index (χ1) is 19.5. The van der Waals surface area contributed by atoms with Crippen molar-refractivity contribution in [2.75, 3.05) is 18.5 Å². The van der Waals surface area contributed by atoms with Gasteiger partial charge in [0.1, 0.15) is 17.7 Å². The van der Waals surface area contributed by atoms with Gasteiger partial charge in [-0.15, -0.1) is 0 Å². The van der Waals surface area contributed by atoms with E-state index in [1.807, 2.05) is 13.8 Å². The highest BCUT2D eigenvalue weighted by Gasteiger charge is 2.44. The number of aromatic nitrogens is 1. The van der Waals surface area contributed by atoms with Gasteiger partial charge in [-0.3, -0.25) is 14.9 Å². The summed E-state index contributed by atoms with van der Waals surface area (Å²) in [6, 6.07) is 3.96. The van der Waals surface area contributed by atoms with Crippen LogP contribution >= 0.6 is 15.9 Å². The highest BCUT2D eigenvalue weighted by molar-refractivity contribution is 9.10. The normalized spacial score (nSPS) is 17.1. The Balaban J connectivity index is 1.61. The fourth-order valence-corrected chi connectivity index (χ4v) is 4.20. The van der Waals surface area contributed by atoms with E-state index in [0.29, 0.717) is 12.2 Å². The van der Waals surface area contributed by atoms with Crippen molar-refractivity contribution in [3.05, 3.63) is 51.9 Å². The fraction of sp³-hybridized carbons (Fsp3) is 0.464. The zero-order valence-corrected chi connectivity index (χ0v) is 24.7.